The molecule has 0 spiro atoms. The number of nitrogens with zero attached hydrogens (tertiary/aromatic N) is 5. The van der Waals surface area contributed by atoms with Crippen LogP contribution in [0, 0.1) is 23.7 Å². The van der Waals surface area contributed by atoms with Gasteiger partial charge in [-0.3, -0.25) is 9.80 Å². The molecule has 0 aliphatic carbocycles. The monoisotopic (exact) mass is 826 g/mol. The van der Waals surface area contributed by atoms with Gasteiger partial charge in [-0.15, -0.1) is 0 Å². The molecule has 57 heavy (non-hydrogen) atoms. The second-order valence-corrected chi connectivity index (χ2v) is 19.9. The van der Waals surface area contributed by atoms with Gasteiger partial charge in [0.1, 0.15) is 5.60 Å². The summed E-state index contributed by atoms with van der Waals surface area (Å²) < 4.78 is 16.8. The lowest BCUT2D eigenvalue weighted by Crippen LogP contribution is -2.51. The number of amides is 1. The number of benzene rings is 2. The highest BCUT2D eigenvalue weighted by atomic mass is 35.5. The molecule has 6 aliphatic heterocycles. The molecule has 6 heterocycles. The number of anilines is 2. The molecule has 10 nitrogen and oxygen atoms in total. The standard InChI is InChI=1S/C25H38ClN3O3.C20H30ClN3O/c1-17-10-21(8-9-29(17)24(30)32-25(2,3)4)27(5)12-18-6-7-22(26)23(11-18)28-13-19-15-31-16-20(19)14-28;1-14-7-18(5-6-22-14)23(2)9-15-3-4-19(21)20(8-15)24-10-16-12-25-13-17(16)11-24/h6-7,11,17,19-21H,8-10,12-16H2,1-5H3;3-4,8,14,16-18,22H,5-7,9-13H2,1-2H3/t17-,19?,20?,21-;14-,16?,17?,18-/m11/s1. The maximum Gasteiger partial charge on any atom is 0.410 e. The van der Waals surface area contributed by atoms with Crippen molar-refractivity contribution in [2.75, 3.05) is 89.6 Å². The van der Waals surface area contributed by atoms with Gasteiger partial charge < -0.3 is 34.2 Å². The van der Waals surface area contributed by atoms with Gasteiger partial charge in [-0.1, -0.05) is 35.3 Å². The van der Waals surface area contributed by atoms with Crippen molar-refractivity contribution < 1.29 is 19.0 Å². The zero-order valence-electron chi connectivity index (χ0n) is 35.5. The Bertz CT molecular complexity index is 1650. The Labute approximate surface area is 352 Å². The lowest BCUT2D eigenvalue weighted by Gasteiger charge is -2.41. The fourth-order valence-electron chi connectivity index (χ4n) is 10.0. The Morgan fingerprint density at radius 1 is 0.772 bits per heavy atom. The summed E-state index contributed by atoms with van der Waals surface area (Å²) in [5, 5.41) is 5.25. The second kappa shape index (κ2) is 18.5. The summed E-state index contributed by atoms with van der Waals surface area (Å²) in [6, 6.07) is 14.9. The molecule has 1 amide bonds. The molecule has 0 aromatic heterocycles. The van der Waals surface area contributed by atoms with Crippen molar-refractivity contribution in [3.8, 4) is 0 Å². The van der Waals surface area contributed by atoms with Gasteiger partial charge in [0.25, 0.3) is 0 Å². The smallest absolute Gasteiger partial charge is 0.410 e. The van der Waals surface area contributed by atoms with Crippen LogP contribution in [0.15, 0.2) is 36.4 Å². The minimum absolute atomic E-state index is 0.165. The third-order valence-electron chi connectivity index (χ3n) is 13.4. The fourth-order valence-corrected chi connectivity index (χ4v) is 10.5. The van der Waals surface area contributed by atoms with Gasteiger partial charge in [-0.2, -0.15) is 0 Å². The van der Waals surface area contributed by atoms with E-state index in [1.807, 2.05) is 31.7 Å². The molecule has 6 aliphatic rings. The Kier molecular flexibility index (Phi) is 13.9. The van der Waals surface area contributed by atoms with Gasteiger partial charge in [0.05, 0.1) is 47.8 Å². The highest BCUT2D eigenvalue weighted by molar-refractivity contribution is 6.33. The number of nitrogens with one attached hydrogen (secondary N) is 1. The number of likely N-dealkylation sites (tertiary alicyclic amines) is 1. The summed E-state index contributed by atoms with van der Waals surface area (Å²) >= 11 is 13.1. The van der Waals surface area contributed by atoms with E-state index >= 15 is 0 Å². The summed E-state index contributed by atoms with van der Waals surface area (Å²) in [4.78, 5) is 24.2. The highest BCUT2D eigenvalue weighted by Gasteiger charge is 2.39. The molecular formula is C45H68Cl2N6O4. The van der Waals surface area contributed by atoms with Crippen LogP contribution in [0.2, 0.25) is 10.0 Å². The summed E-state index contributed by atoms with van der Waals surface area (Å²) in [6.45, 7) is 21.7. The maximum absolute atomic E-state index is 12.5. The number of carbonyl (C=O) groups is 1. The third kappa shape index (κ3) is 10.7. The summed E-state index contributed by atoms with van der Waals surface area (Å²) in [5.41, 5.74) is 4.54. The third-order valence-corrected chi connectivity index (χ3v) is 14.0. The van der Waals surface area contributed by atoms with Crippen molar-refractivity contribution in [1.82, 2.24) is 20.0 Å². The average molecular weight is 828 g/mol. The van der Waals surface area contributed by atoms with Crippen molar-refractivity contribution in [2.24, 2.45) is 23.7 Å². The Hall–Kier alpha value is -2.31. The van der Waals surface area contributed by atoms with Gasteiger partial charge in [0.2, 0.25) is 0 Å². The van der Waals surface area contributed by atoms with Crippen LogP contribution in [0.3, 0.4) is 0 Å². The number of rotatable bonds is 8. The van der Waals surface area contributed by atoms with Crippen LogP contribution >= 0.6 is 23.2 Å². The normalized spacial score (nSPS) is 30.1. The largest absolute Gasteiger partial charge is 0.444 e. The van der Waals surface area contributed by atoms with Crippen LogP contribution < -0.4 is 15.1 Å². The predicted octanol–water partition coefficient (Wildman–Crippen LogP) is 7.64. The molecule has 316 valence electrons. The minimum Gasteiger partial charge on any atom is -0.444 e. The zero-order valence-corrected chi connectivity index (χ0v) is 37.0. The number of hydrogen-bond acceptors (Lipinski definition) is 9. The average Bonchev–Trinajstić information content (AvgIpc) is 3.96. The predicted molar refractivity (Wildman–Crippen MR) is 232 cm³/mol. The van der Waals surface area contributed by atoms with Crippen molar-refractivity contribution >= 4 is 40.7 Å². The van der Waals surface area contributed by atoms with E-state index in [1.54, 1.807) is 0 Å². The highest BCUT2D eigenvalue weighted by Crippen LogP contribution is 2.38. The van der Waals surface area contributed by atoms with E-state index < -0.39 is 5.60 Å². The van der Waals surface area contributed by atoms with Crippen LogP contribution in [0.5, 0.6) is 0 Å². The molecule has 4 unspecified atom stereocenters. The van der Waals surface area contributed by atoms with Crippen molar-refractivity contribution in [3.05, 3.63) is 57.6 Å². The quantitative estimate of drug-likeness (QED) is 0.289. The second-order valence-electron chi connectivity index (χ2n) is 19.1. The molecule has 0 saturated carbocycles. The number of carbonyl (C=O) groups excluding carboxylic acids is 1. The van der Waals surface area contributed by atoms with Crippen molar-refractivity contribution in [1.29, 1.82) is 0 Å². The zero-order chi connectivity index (χ0) is 40.4. The fraction of sp³-hybridized carbons (Fsp3) is 0.711. The molecule has 0 radical (unpaired) electrons. The molecule has 2 aromatic rings. The number of halogens is 2. The first-order valence-electron chi connectivity index (χ1n) is 21.6. The van der Waals surface area contributed by atoms with Crippen LogP contribution in [-0.2, 0) is 27.3 Å². The van der Waals surface area contributed by atoms with E-state index in [0.29, 0.717) is 41.8 Å². The molecule has 12 heteroatoms. The first-order chi connectivity index (χ1) is 27.2. The van der Waals surface area contributed by atoms with Crippen LogP contribution in [0.4, 0.5) is 16.2 Å². The van der Waals surface area contributed by atoms with Gasteiger partial charge in [-0.05, 0) is 116 Å². The molecule has 6 saturated heterocycles. The Morgan fingerprint density at radius 2 is 1.25 bits per heavy atom. The molecule has 8 rings (SSSR count). The van der Waals surface area contributed by atoms with E-state index in [0.717, 1.165) is 107 Å². The maximum atomic E-state index is 12.5. The number of ether oxygens (including phenoxy) is 3. The molecule has 6 fully saturated rings. The lowest BCUT2D eigenvalue weighted by atomic mass is 9.97. The number of piperidine rings is 2. The topological polar surface area (TPSA) is 73.0 Å². The number of hydrogen-bond donors (Lipinski definition) is 1. The Balaban J connectivity index is 0.000000179. The van der Waals surface area contributed by atoms with E-state index in [2.05, 4.69) is 83.2 Å². The Morgan fingerprint density at radius 3 is 1.68 bits per heavy atom. The van der Waals surface area contributed by atoms with E-state index in [4.69, 9.17) is 37.4 Å². The van der Waals surface area contributed by atoms with Crippen molar-refractivity contribution in [2.45, 2.75) is 103 Å². The van der Waals surface area contributed by atoms with Crippen LogP contribution in [-0.4, -0.2) is 130 Å². The first kappa shape index (κ1) is 42.8. The summed E-state index contributed by atoms with van der Waals surface area (Å²) in [7, 11) is 4.45. The number of fused-ring (bicyclic) bond motifs is 2. The van der Waals surface area contributed by atoms with E-state index in [1.165, 1.54) is 29.7 Å². The molecule has 2 aromatic carbocycles. The lowest BCUT2D eigenvalue weighted by molar-refractivity contribution is 0.00278. The van der Waals surface area contributed by atoms with Gasteiger partial charge in [-0.25, -0.2) is 4.79 Å². The van der Waals surface area contributed by atoms with Crippen LogP contribution in [0.25, 0.3) is 0 Å². The summed E-state index contributed by atoms with van der Waals surface area (Å²) in [5.74, 6) is 2.63. The minimum atomic E-state index is -0.461. The van der Waals surface area contributed by atoms with Crippen molar-refractivity contribution in [3.63, 3.8) is 0 Å². The first-order valence-corrected chi connectivity index (χ1v) is 22.3. The molecule has 0 bridgehead atoms. The SMILES string of the molecule is C[C@@H]1C[C@H](N(C)Cc2ccc(Cl)c(N3CC4COCC4C3)c2)CCN1.C[C@@H]1C[C@H](N(C)Cc2ccc(Cl)c(N3CC4COCC4C3)c2)CCN1C(=O)OC(C)(C)C. The summed E-state index contributed by atoms with van der Waals surface area (Å²) in [6.07, 6.45) is 4.17. The molecule has 1 N–H and O–H groups in total. The van der Waals surface area contributed by atoms with Gasteiger partial charge >= 0.3 is 6.09 Å². The van der Waals surface area contributed by atoms with E-state index in [-0.39, 0.29) is 12.1 Å². The van der Waals surface area contributed by atoms with Gasteiger partial charge in [0, 0.05) is 93.7 Å². The van der Waals surface area contributed by atoms with Crippen LogP contribution in [0.1, 0.15) is 71.4 Å². The van der Waals surface area contributed by atoms with E-state index in [9.17, 15) is 4.79 Å². The van der Waals surface area contributed by atoms with Gasteiger partial charge in [0.15, 0.2) is 0 Å². The molecule has 8 atom stereocenters. The molecular weight excluding hydrogens is 759 g/mol.